The van der Waals surface area contributed by atoms with Gasteiger partial charge in [0.05, 0.1) is 17.7 Å². The number of carbonyl (C=O) groups is 1. The minimum atomic E-state index is -0.484. The molecule has 1 saturated carbocycles. The highest BCUT2D eigenvalue weighted by atomic mass is 16.6. The SMILES string of the molecule is CCCCOC(=O)c1cc([N+](=O)[O-])cn1C1CC1. The first-order valence-corrected chi connectivity index (χ1v) is 6.17. The van der Waals surface area contributed by atoms with E-state index in [0.717, 1.165) is 25.7 Å². The van der Waals surface area contributed by atoms with E-state index >= 15 is 0 Å². The van der Waals surface area contributed by atoms with Crippen LogP contribution < -0.4 is 0 Å². The lowest BCUT2D eigenvalue weighted by molar-refractivity contribution is -0.384. The third-order valence-corrected chi connectivity index (χ3v) is 2.93. The molecule has 0 bridgehead atoms. The summed E-state index contributed by atoms with van der Waals surface area (Å²) in [5.41, 5.74) is 0.240. The van der Waals surface area contributed by atoms with Gasteiger partial charge in [0, 0.05) is 12.1 Å². The van der Waals surface area contributed by atoms with Gasteiger partial charge >= 0.3 is 5.97 Å². The highest BCUT2D eigenvalue weighted by Gasteiger charge is 2.30. The Morgan fingerprint density at radius 3 is 2.89 bits per heavy atom. The molecule has 98 valence electrons. The fraction of sp³-hybridized carbons (Fsp3) is 0.583. The first-order chi connectivity index (χ1) is 8.63. The quantitative estimate of drug-likeness (QED) is 0.337. The van der Waals surface area contributed by atoms with E-state index in [1.54, 1.807) is 4.57 Å². The Balaban J connectivity index is 2.14. The lowest BCUT2D eigenvalue weighted by atomic mass is 10.3. The number of hydrogen-bond acceptors (Lipinski definition) is 4. The van der Waals surface area contributed by atoms with Crippen LogP contribution in [0.3, 0.4) is 0 Å². The maximum Gasteiger partial charge on any atom is 0.355 e. The van der Waals surface area contributed by atoms with Crippen LogP contribution in [0.4, 0.5) is 5.69 Å². The number of rotatable bonds is 6. The Morgan fingerprint density at radius 2 is 2.33 bits per heavy atom. The van der Waals surface area contributed by atoms with Crippen LogP contribution in [0, 0.1) is 10.1 Å². The Bertz CT molecular complexity index is 463. The molecule has 1 fully saturated rings. The summed E-state index contributed by atoms with van der Waals surface area (Å²) in [6.07, 6.45) is 5.09. The van der Waals surface area contributed by atoms with Gasteiger partial charge in [0.2, 0.25) is 0 Å². The topological polar surface area (TPSA) is 74.4 Å². The van der Waals surface area contributed by atoms with Gasteiger partial charge in [-0.25, -0.2) is 4.79 Å². The summed E-state index contributed by atoms with van der Waals surface area (Å²) in [5.74, 6) is -0.469. The van der Waals surface area contributed by atoms with Gasteiger partial charge < -0.3 is 9.30 Å². The first-order valence-electron chi connectivity index (χ1n) is 6.17. The van der Waals surface area contributed by atoms with Crippen LogP contribution in [0.15, 0.2) is 12.3 Å². The van der Waals surface area contributed by atoms with Crippen LogP contribution in [0.2, 0.25) is 0 Å². The highest BCUT2D eigenvalue weighted by Crippen LogP contribution is 2.38. The second kappa shape index (κ2) is 5.20. The van der Waals surface area contributed by atoms with Crippen LogP contribution in [0.1, 0.15) is 49.1 Å². The average molecular weight is 252 g/mol. The van der Waals surface area contributed by atoms with E-state index < -0.39 is 10.9 Å². The van der Waals surface area contributed by atoms with Gasteiger partial charge in [-0.2, -0.15) is 0 Å². The van der Waals surface area contributed by atoms with Gasteiger partial charge in [-0.15, -0.1) is 0 Å². The summed E-state index contributed by atoms with van der Waals surface area (Å²) in [5, 5.41) is 10.7. The van der Waals surface area contributed by atoms with Crippen molar-refractivity contribution in [1.29, 1.82) is 0 Å². The number of nitrogens with zero attached hydrogens (tertiary/aromatic N) is 2. The number of esters is 1. The minimum absolute atomic E-state index is 0.0515. The van der Waals surface area contributed by atoms with Gasteiger partial charge in [-0.05, 0) is 19.3 Å². The van der Waals surface area contributed by atoms with E-state index in [9.17, 15) is 14.9 Å². The molecule has 1 aliphatic rings. The van der Waals surface area contributed by atoms with Gasteiger partial charge in [-0.3, -0.25) is 10.1 Å². The second-order valence-electron chi connectivity index (χ2n) is 4.47. The number of aromatic nitrogens is 1. The van der Waals surface area contributed by atoms with Crippen molar-refractivity contribution >= 4 is 11.7 Å². The zero-order chi connectivity index (χ0) is 13.1. The molecule has 6 nitrogen and oxygen atoms in total. The molecule has 0 unspecified atom stereocenters. The summed E-state index contributed by atoms with van der Waals surface area (Å²) in [4.78, 5) is 22.1. The summed E-state index contributed by atoms with van der Waals surface area (Å²) in [7, 11) is 0. The van der Waals surface area contributed by atoms with Crippen LogP contribution in [-0.2, 0) is 4.74 Å². The molecule has 0 radical (unpaired) electrons. The van der Waals surface area contributed by atoms with E-state index in [0.29, 0.717) is 12.3 Å². The number of hydrogen-bond donors (Lipinski definition) is 0. The smallest absolute Gasteiger partial charge is 0.355 e. The zero-order valence-electron chi connectivity index (χ0n) is 10.3. The molecular formula is C12H16N2O4. The fourth-order valence-electron chi connectivity index (χ4n) is 1.77. The molecule has 0 aliphatic heterocycles. The van der Waals surface area contributed by atoms with Crippen molar-refractivity contribution in [3.8, 4) is 0 Å². The molecule has 18 heavy (non-hydrogen) atoms. The van der Waals surface area contributed by atoms with Gasteiger partial charge in [-0.1, -0.05) is 13.3 Å². The molecule has 1 heterocycles. The third-order valence-electron chi connectivity index (χ3n) is 2.93. The molecule has 1 aromatic heterocycles. The number of carbonyl (C=O) groups excluding carboxylic acids is 1. The highest BCUT2D eigenvalue weighted by molar-refractivity contribution is 5.88. The molecular weight excluding hydrogens is 236 g/mol. The van der Waals surface area contributed by atoms with E-state index in [2.05, 4.69) is 0 Å². The number of nitro groups is 1. The van der Waals surface area contributed by atoms with E-state index in [1.165, 1.54) is 12.3 Å². The third kappa shape index (κ3) is 2.69. The summed E-state index contributed by atoms with van der Waals surface area (Å²) in [6, 6.07) is 1.51. The van der Waals surface area contributed by atoms with E-state index in [-0.39, 0.29) is 11.7 Å². The van der Waals surface area contributed by atoms with Crippen molar-refractivity contribution in [1.82, 2.24) is 4.57 Å². The second-order valence-corrected chi connectivity index (χ2v) is 4.47. The van der Waals surface area contributed by atoms with Crippen LogP contribution in [-0.4, -0.2) is 22.1 Å². The fourth-order valence-corrected chi connectivity index (χ4v) is 1.77. The Labute approximate surface area is 105 Å². The molecule has 2 rings (SSSR count). The average Bonchev–Trinajstić information content (AvgIpc) is 3.07. The van der Waals surface area contributed by atoms with E-state index in [4.69, 9.17) is 4.74 Å². The molecule has 6 heteroatoms. The molecule has 1 aromatic rings. The van der Waals surface area contributed by atoms with Crippen LogP contribution in [0.25, 0.3) is 0 Å². The van der Waals surface area contributed by atoms with Crippen molar-refractivity contribution in [2.24, 2.45) is 0 Å². The first kappa shape index (κ1) is 12.6. The van der Waals surface area contributed by atoms with Gasteiger partial charge in [0.1, 0.15) is 5.69 Å². The van der Waals surface area contributed by atoms with E-state index in [1.807, 2.05) is 6.92 Å². The molecule has 1 aliphatic carbocycles. The Kier molecular flexibility index (Phi) is 3.64. The van der Waals surface area contributed by atoms with Crippen molar-refractivity contribution in [3.05, 3.63) is 28.1 Å². The maximum atomic E-state index is 11.8. The van der Waals surface area contributed by atoms with Crippen molar-refractivity contribution in [2.45, 2.75) is 38.6 Å². The molecule has 0 amide bonds. The van der Waals surface area contributed by atoms with Gasteiger partial charge in [0.25, 0.3) is 5.69 Å². The predicted molar refractivity (Wildman–Crippen MR) is 64.5 cm³/mol. The number of ether oxygens (including phenoxy) is 1. The summed E-state index contributed by atoms with van der Waals surface area (Å²) < 4.78 is 6.77. The molecule has 0 aromatic carbocycles. The van der Waals surface area contributed by atoms with Crippen molar-refractivity contribution in [3.63, 3.8) is 0 Å². The monoisotopic (exact) mass is 252 g/mol. The summed E-state index contributed by atoms with van der Waals surface area (Å²) in [6.45, 7) is 2.37. The molecule has 0 atom stereocenters. The van der Waals surface area contributed by atoms with Crippen molar-refractivity contribution in [2.75, 3.05) is 6.61 Å². The summed E-state index contributed by atoms with van der Waals surface area (Å²) >= 11 is 0. The molecule has 0 spiro atoms. The molecule has 0 N–H and O–H groups in total. The normalized spacial score (nSPS) is 14.5. The van der Waals surface area contributed by atoms with Crippen LogP contribution >= 0.6 is 0 Å². The largest absolute Gasteiger partial charge is 0.461 e. The van der Waals surface area contributed by atoms with Crippen LogP contribution in [0.5, 0.6) is 0 Å². The van der Waals surface area contributed by atoms with Crippen molar-refractivity contribution < 1.29 is 14.5 Å². The number of unbranched alkanes of at least 4 members (excludes halogenated alkanes) is 1. The predicted octanol–water partition coefficient (Wildman–Crippen LogP) is 2.69. The van der Waals surface area contributed by atoms with Gasteiger partial charge in [0.15, 0.2) is 0 Å². The molecule has 0 saturated heterocycles. The standard InChI is InChI=1S/C12H16N2O4/c1-2-3-6-18-12(15)11-7-10(14(16)17)8-13(11)9-4-5-9/h7-9H,2-6H2,1H3. The maximum absolute atomic E-state index is 11.8. The Hall–Kier alpha value is -1.85. The Morgan fingerprint density at radius 1 is 1.61 bits per heavy atom. The lowest BCUT2D eigenvalue weighted by Gasteiger charge is -2.06. The lowest BCUT2D eigenvalue weighted by Crippen LogP contribution is -2.11. The zero-order valence-corrected chi connectivity index (χ0v) is 10.3. The minimum Gasteiger partial charge on any atom is -0.461 e.